The SMILES string of the molecule is COCCNc1ccc(CNC(=O)Nc2cccc(-c3nnco3)c2)cc1. The van der Waals surface area contributed by atoms with Crippen LogP contribution in [-0.4, -0.2) is 36.5 Å². The Labute approximate surface area is 156 Å². The van der Waals surface area contributed by atoms with E-state index in [4.69, 9.17) is 9.15 Å². The van der Waals surface area contributed by atoms with Gasteiger partial charge in [-0.2, -0.15) is 0 Å². The van der Waals surface area contributed by atoms with Crippen molar-refractivity contribution in [3.05, 3.63) is 60.5 Å². The molecule has 3 rings (SSSR count). The van der Waals surface area contributed by atoms with Gasteiger partial charge < -0.3 is 25.1 Å². The first-order valence-electron chi connectivity index (χ1n) is 8.48. The summed E-state index contributed by atoms with van der Waals surface area (Å²) in [5.41, 5.74) is 3.39. The molecular weight excluding hydrogens is 346 g/mol. The van der Waals surface area contributed by atoms with Gasteiger partial charge in [-0.1, -0.05) is 18.2 Å². The van der Waals surface area contributed by atoms with E-state index in [0.29, 0.717) is 24.7 Å². The predicted octanol–water partition coefficient (Wildman–Crippen LogP) is 3.12. The van der Waals surface area contributed by atoms with E-state index < -0.39 is 0 Å². The Kier molecular flexibility index (Phi) is 6.37. The first-order chi connectivity index (χ1) is 13.2. The summed E-state index contributed by atoms with van der Waals surface area (Å²) in [7, 11) is 1.67. The summed E-state index contributed by atoms with van der Waals surface area (Å²) in [6, 6.07) is 14.8. The molecular formula is C19H21N5O3. The number of amides is 2. The molecule has 0 fully saturated rings. The van der Waals surface area contributed by atoms with Crippen molar-refractivity contribution in [3.8, 4) is 11.5 Å². The predicted molar refractivity (Wildman–Crippen MR) is 102 cm³/mol. The number of nitrogens with zero attached hydrogens (tertiary/aromatic N) is 2. The number of ether oxygens (including phenoxy) is 1. The third-order valence-electron chi connectivity index (χ3n) is 3.77. The van der Waals surface area contributed by atoms with Gasteiger partial charge in [0.1, 0.15) is 0 Å². The maximum atomic E-state index is 12.1. The van der Waals surface area contributed by atoms with Crippen molar-refractivity contribution in [2.24, 2.45) is 0 Å². The highest BCUT2D eigenvalue weighted by Gasteiger charge is 2.06. The standard InChI is InChI=1S/C19H21N5O3/c1-26-10-9-20-16-7-5-14(6-8-16)12-21-19(25)23-17-4-2-3-15(11-17)18-24-22-13-27-18/h2-8,11,13,20H,9-10,12H2,1H3,(H2,21,23,25). The van der Waals surface area contributed by atoms with Crippen molar-refractivity contribution in [1.29, 1.82) is 0 Å². The van der Waals surface area contributed by atoms with Gasteiger partial charge in [-0.3, -0.25) is 0 Å². The monoisotopic (exact) mass is 367 g/mol. The molecule has 3 N–H and O–H groups in total. The number of hydrogen-bond acceptors (Lipinski definition) is 6. The average molecular weight is 367 g/mol. The van der Waals surface area contributed by atoms with Crippen LogP contribution >= 0.6 is 0 Å². The number of hydrogen-bond donors (Lipinski definition) is 3. The Morgan fingerprint density at radius 2 is 2.00 bits per heavy atom. The summed E-state index contributed by atoms with van der Waals surface area (Å²) in [5, 5.41) is 16.4. The van der Waals surface area contributed by atoms with Gasteiger partial charge in [0.25, 0.3) is 0 Å². The highest BCUT2D eigenvalue weighted by Crippen LogP contribution is 2.20. The third-order valence-corrected chi connectivity index (χ3v) is 3.77. The van der Waals surface area contributed by atoms with Gasteiger partial charge in [0, 0.05) is 37.1 Å². The van der Waals surface area contributed by atoms with Crippen molar-refractivity contribution < 1.29 is 13.9 Å². The van der Waals surface area contributed by atoms with Crippen LogP contribution in [0.1, 0.15) is 5.56 Å². The molecule has 0 atom stereocenters. The Balaban J connectivity index is 1.49. The van der Waals surface area contributed by atoms with Crippen molar-refractivity contribution >= 4 is 17.4 Å². The Hall–Kier alpha value is -3.39. The number of urea groups is 1. The molecule has 1 heterocycles. The lowest BCUT2D eigenvalue weighted by molar-refractivity contribution is 0.211. The minimum atomic E-state index is -0.292. The molecule has 8 heteroatoms. The largest absolute Gasteiger partial charge is 0.423 e. The maximum absolute atomic E-state index is 12.1. The molecule has 3 aromatic rings. The molecule has 8 nitrogen and oxygen atoms in total. The summed E-state index contributed by atoms with van der Waals surface area (Å²) in [4.78, 5) is 12.1. The summed E-state index contributed by atoms with van der Waals surface area (Å²) < 4.78 is 10.2. The van der Waals surface area contributed by atoms with Gasteiger partial charge in [-0.25, -0.2) is 4.79 Å². The lowest BCUT2D eigenvalue weighted by Crippen LogP contribution is -2.28. The van der Waals surface area contributed by atoms with Crippen LogP contribution in [0.15, 0.2) is 59.3 Å². The van der Waals surface area contributed by atoms with E-state index in [0.717, 1.165) is 23.4 Å². The lowest BCUT2D eigenvalue weighted by Gasteiger charge is -2.10. The summed E-state index contributed by atoms with van der Waals surface area (Å²) in [5.74, 6) is 0.401. The van der Waals surface area contributed by atoms with Crippen molar-refractivity contribution in [3.63, 3.8) is 0 Å². The fourth-order valence-electron chi connectivity index (χ4n) is 2.42. The second kappa shape index (κ2) is 9.35. The topological polar surface area (TPSA) is 101 Å². The van der Waals surface area contributed by atoms with Crippen molar-refractivity contribution in [2.45, 2.75) is 6.54 Å². The minimum Gasteiger partial charge on any atom is -0.423 e. The van der Waals surface area contributed by atoms with E-state index in [2.05, 4.69) is 26.1 Å². The molecule has 0 radical (unpaired) electrons. The number of carbonyl (C=O) groups excluding carboxylic acids is 1. The van der Waals surface area contributed by atoms with E-state index in [1.807, 2.05) is 36.4 Å². The normalized spacial score (nSPS) is 10.4. The molecule has 2 amide bonds. The third kappa shape index (κ3) is 5.55. The van der Waals surface area contributed by atoms with E-state index >= 15 is 0 Å². The first-order valence-corrected chi connectivity index (χ1v) is 8.48. The van der Waals surface area contributed by atoms with Gasteiger partial charge in [-0.05, 0) is 35.9 Å². The molecule has 0 saturated carbocycles. The molecule has 140 valence electrons. The number of anilines is 2. The molecule has 0 spiro atoms. The molecule has 27 heavy (non-hydrogen) atoms. The van der Waals surface area contributed by atoms with Crippen LogP contribution in [0.4, 0.5) is 16.2 Å². The summed E-state index contributed by atoms with van der Waals surface area (Å²) >= 11 is 0. The zero-order chi connectivity index (χ0) is 18.9. The Bertz CT molecular complexity index is 850. The zero-order valence-electron chi connectivity index (χ0n) is 14.9. The highest BCUT2D eigenvalue weighted by molar-refractivity contribution is 5.89. The van der Waals surface area contributed by atoms with E-state index in [1.165, 1.54) is 6.39 Å². The van der Waals surface area contributed by atoms with Crippen LogP contribution in [-0.2, 0) is 11.3 Å². The molecule has 0 aliphatic rings. The van der Waals surface area contributed by atoms with Gasteiger partial charge in [0.2, 0.25) is 12.3 Å². The van der Waals surface area contributed by atoms with Gasteiger partial charge in [0.15, 0.2) is 0 Å². The van der Waals surface area contributed by atoms with Gasteiger partial charge in [-0.15, -0.1) is 10.2 Å². The highest BCUT2D eigenvalue weighted by atomic mass is 16.5. The van der Waals surface area contributed by atoms with E-state index in [1.54, 1.807) is 19.2 Å². The molecule has 0 aliphatic heterocycles. The van der Waals surface area contributed by atoms with Crippen molar-refractivity contribution in [1.82, 2.24) is 15.5 Å². The fraction of sp³-hybridized carbons (Fsp3) is 0.211. The maximum Gasteiger partial charge on any atom is 0.319 e. The number of rotatable bonds is 8. The quantitative estimate of drug-likeness (QED) is 0.529. The van der Waals surface area contributed by atoms with Crippen LogP contribution in [0.2, 0.25) is 0 Å². The second-order valence-electron chi connectivity index (χ2n) is 5.75. The number of nitrogens with one attached hydrogen (secondary N) is 3. The first kappa shape index (κ1) is 18.4. The Morgan fingerprint density at radius 3 is 2.74 bits per heavy atom. The van der Waals surface area contributed by atoms with Crippen LogP contribution in [0.25, 0.3) is 11.5 Å². The van der Waals surface area contributed by atoms with Crippen LogP contribution < -0.4 is 16.0 Å². The van der Waals surface area contributed by atoms with Crippen molar-refractivity contribution in [2.75, 3.05) is 30.9 Å². The smallest absolute Gasteiger partial charge is 0.319 e. The molecule has 0 aliphatic carbocycles. The molecule has 0 saturated heterocycles. The van der Waals surface area contributed by atoms with Gasteiger partial charge >= 0.3 is 6.03 Å². The molecule has 0 unspecified atom stereocenters. The Morgan fingerprint density at radius 1 is 1.15 bits per heavy atom. The minimum absolute atomic E-state index is 0.292. The van der Waals surface area contributed by atoms with Crippen LogP contribution in [0, 0.1) is 0 Å². The van der Waals surface area contributed by atoms with E-state index in [-0.39, 0.29) is 6.03 Å². The lowest BCUT2D eigenvalue weighted by atomic mass is 10.2. The number of carbonyl (C=O) groups is 1. The number of methoxy groups -OCH3 is 1. The van der Waals surface area contributed by atoms with Gasteiger partial charge in [0.05, 0.1) is 6.61 Å². The zero-order valence-corrected chi connectivity index (χ0v) is 14.9. The van der Waals surface area contributed by atoms with Crippen LogP contribution in [0.5, 0.6) is 0 Å². The fourth-order valence-corrected chi connectivity index (χ4v) is 2.42. The second-order valence-corrected chi connectivity index (χ2v) is 5.75. The summed E-state index contributed by atoms with van der Waals surface area (Å²) in [6.07, 6.45) is 1.26. The van der Waals surface area contributed by atoms with E-state index in [9.17, 15) is 4.79 Å². The average Bonchev–Trinajstić information content (AvgIpc) is 3.23. The number of benzene rings is 2. The summed E-state index contributed by atoms with van der Waals surface area (Å²) in [6.45, 7) is 1.82. The molecule has 2 aromatic carbocycles. The number of aromatic nitrogens is 2. The molecule has 1 aromatic heterocycles. The molecule has 0 bridgehead atoms. The van der Waals surface area contributed by atoms with Crippen LogP contribution in [0.3, 0.4) is 0 Å².